The number of nitrogens with one attached hydrogen (secondary N) is 1. The van der Waals surface area contributed by atoms with E-state index in [1.54, 1.807) is 54.6 Å². The minimum Gasteiger partial charge on any atom is -0.489 e. The third kappa shape index (κ3) is 6.53. The average Bonchev–Trinajstić information content (AvgIpc) is 2.70. The molecule has 0 saturated carbocycles. The lowest BCUT2D eigenvalue weighted by Crippen LogP contribution is -2.32. The van der Waals surface area contributed by atoms with E-state index >= 15 is 0 Å². The molecule has 2 rings (SSSR count). The number of rotatable bonds is 10. The molecule has 0 radical (unpaired) electrons. The van der Waals surface area contributed by atoms with Crippen LogP contribution in [0.15, 0.2) is 61.2 Å². The number of ether oxygens (including phenoxy) is 2. The van der Waals surface area contributed by atoms with Crippen molar-refractivity contribution in [2.45, 2.75) is 19.4 Å². The van der Waals surface area contributed by atoms with Crippen molar-refractivity contribution in [1.82, 2.24) is 0 Å². The van der Waals surface area contributed by atoms with Crippen LogP contribution in [-0.4, -0.2) is 40.3 Å². The molecule has 1 atom stereocenters. The number of nitrogens with zero attached hydrogens (tertiary/aromatic N) is 1. The van der Waals surface area contributed by atoms with Crippen molar-refractivity contribution in [2.24, 2.45) is 0 Å². The molecule has 2 aromatic rings. The molecule has 0 bridgehead atoms. The zero-order valence-corrected chi connectivity index (χ0v) is 17.6. The zero-order valence-electron chi connectivity index (χ0n) is 16.8. The topological polar surface area (TPSA) is 84.9 Å². The molecule has 0 aliphatic heterocycles. The smallest absolute Gasteiger partial charge is 0.265 e. The van der Waals surface area contributed by atoms with Gasteiger partial charge < -0.3 is 14.8 Å². The van der Waals surface area contributed by atoms with Crippen LogP contribution in [0.25, 0.3) is 0 Å². The van der Waals surface area contributed by atoms with Gasteiger partial charge in [-0.25, -0.2) is 8.42 Å². The molecule has 1 N–H and O–H groups in total. The molecule has 2 aromatic carbocycles. The first kappa shape index (κ1) is 22.3. The van der Waals surface area contributed by atoms with Crippen molar-refractivity contribution >= 4 is 27.3 Å². The molecule has 0 aliphatic rings. The summed E-state index contributed by atoms with van der Waals surface area (Å²) in [5.74, 6) is 0.814. The molecule has 0 spiro atoms. The molecule has 8 heteroatoms. The first-order valence-corrected chi connectivity index (χ1v) is 10.9. The SMILES string of the molecule is C=CCOc1cccc(NC(=O)[C@@H](CC)Oc2ccc(N(C)S(C)(=O)=O)cc2)c1. The van der Waals surface area contributed by atoms with Gasteiger partial charge in [-0.05, 0) is 42.8 Å². The van der Waals surface area contributed by atoms with Crippen molar-refractivity contribution in [3.63, 3.8) is 0 Å². The van der Waals surface area contributed by atoms with Crippen LogP contribution in [0, 0.1) is 0 Å². The molecule has 0 aliphatic carbocycles. The van der Waals surface area contributed by atoms with E-state index in [0.717, 1.165) is 6.26 Å². The second-order valence-electron chi connectivity index (χ2n) is 6.36. The fourth-order valence-corrected chi connectivity index (χ4v) is 2.96. The van der Waals surface area contributed by atoms with E-state index < -0.39 is 16.1 Å². The number of sulfonamides is 1. The molecular weight excluding hydrogens is 392 g/mol. The Morgan fingerprint density at radius 1 is 1.21 bits per heavy atom. The van der Waals surface area contributed by atoms with E-state index in [2.05, 4.69) is 11.9 Å². The number of hydrogen-bond acceptors (Lipinski definition) is 5. The van der Waals surface area contributed by atoms with Gasteiger partial charge >= 0.3 is 0 Å². The molecule has 29 heavy (non-hydrogen) atoms. The van der Waals surface area contributed by atoms with E-state index in [9.17, 15) is 13.2 Å². The van der Waals surface area contributed by atoms with Gasteiger partial charge in [-0.2, -0.15) is 0 Å². The fourth-order valence-electron chi connectivity index (χ4n) is 2.45. The second kappa shape index (κ2) is 9.97. The fraction of sp³-hybridized carbons (Fsp3) is 0.286. The molecule has 1 amide bonds. The Morgan fingerprint density at radius 2 is 1.90 bits per heavy atom. The van der Waals surface area contributed by atoms with Crippen LogP contribution < -0.4 is 19.1 Å². The summed E-state index contributed by atoms with van der Waals surface area (Å²) in [6, 6.07) is 13.6. The maximum Gasteiger partial charge on any atom is 0.265 e. The number of carbonyl (C=O) groups excluding carboxylic acids is 1. The first-order valence-electron chi connectivity index (χ1n) is 9.09. The average molecular weight is 419 g/mol. The summed E-state index contributed by atoms with van der Waals surface area (Å²) in [6.07, 6.45) is 2.53. The highest BCUT2D eigenvalue weighted by atomic mass is 32.2. The normalized spacial score (nSPS) is 12.0. The van der Waals surface area contributed by atoms with Crippen molar-refractivity contribution in [3.05, 3.63) is 61.2 Å². The van der Waals surface area contributed by atoms with Gasteiger partial charge in [0.2, 0.25) is 10.0 Å². The maximum absolute atomic E-state index is 12.6. The Balaban J connectivity index is 2.04. The highest BCUT2D eigenvalue weighted by Crippen LogP contribution is 2.22. The summed E-state index contributed by atoms with van der Waals surface area (Å²) in [4.78, 5) is 12.6. The van der Waals surface area contributed by atoms with Gasteiger partial charge in [0.15, 0.2) is 6.10 Å². The Kier molecular flexibility index (Phi) is 7.67. The lowest BCUT2D eigenvalue weighted by atomic mass is 10.2. The molecule has 156 valence electrons. The summed E-state index contributed by atoms with van der Waals surface area (Å²) < 4.78 is 35.7. The summed E-state index contributed by atoms with van der Waals surface area (Å²) >= 11 is 0. The quantitative estimate of drug-likeness (QED) is 0.598. The third-order valence-corrected chi connectivity index (χ3v) is 5.31. The largest absolute Gasteiger partial charge is 0.489 e. The van der Waals surface area contributed by atoms with E-state index in [1.165, 1.54) is 11.4 Å². The second-order valence-corrected chi connectivity index (χ2v) is 8.37. The van der Waals surface area contributed by atoms with Crippen LogP contribution in [-0.2, 0) is 14.8 Å². The monoisotopic (exact) mass is 418 g/mol. The molecule has 0 fully saturated rings. The molecule has 0 unspecified atom stereocenters. The Bertz CT molecular complexity index is 942. The van der Waals surface area contributed by atoms with Gasteiger partial charge in [0.05, 0.1) is 11.9 Å². The number of hydrogen-bond donors (Lipinski definition) is 1. The number of carbonyl (C=O) groups is 1. The van der Waals surface area contributed by atoms with Crippen molar-refractivity contribution in [3.8, 4) is 11.5 Å². The minimum absolute atomic E-state index is 0.286. The van der Waals surface area contributed by atoms with Crippen molar-refractivity contribution in [2.75, 3.05) is 29.5 Å². The number of amides is 1. The Hall–Kier alpha value is -3.00. The Labute approximate surface area is 172 Å². The highest BCUT2D eigenvalue weighted by Gasteiger charge is 2.19. The molecular formula is C21H26N2O5S. The van der Waals surface area contributed by atoms with E-state index in [4.69, 9.17) is 9.47 Å². The lowest BCUT2D eigenvalue weighted by Gasteiger charge is -2.19. The first-order chi connectivity index (χ1) is 13.7. The summed E-state index contributed by atoms with van der Waals surface area (Å²) in [6.45, 7) is 5.83. The molecule has 7 nitrogen and oxygen atoms in total. The van der Waals surface area contributed by atoms with Crippen LogP contribution in [0.1, 0.15) is 13.3 Å². The standard InChI is InChI=1S/C21H26N2O5S/c1-5-14-27-19-9-7-8-16(15-19)22-21(24)20(6-2)28-18-12-10-17(11-13-18)23(3)29(4,25)26/h5,7-13,15,20H,1,6,14H2,2-4H3,(H,22,24)/t20-/m1/s1. The van der Waals surface area contributed by atoms with Crippen LogP contribution >= 0.6 is 0 Å². The predicted molar refractivity (Wildman–Crippen MR) is 115 cm³/mol. The van der Waals surface area contributed by atoms with Crippen LogP contribution in [0.5, 0.6) is 11.5 Å². The predicted octanol–water partition coefficient (Wildman–Crippen LogP) is 3.44. The van der Waals surface area contributed by atoms with Gasteiger partial charge in [-0.3, -0.25) is 9.10 Å². The number of benzene rings is 2. The van der Waals surface area contributed by atoms with Crippen molar-refractivity contribution in [1.29, 1.82) is 0 Å². The van der Waals surface area contributed by atoms with E-state index in [1.807, 2.05) is 6.92 Å². The van der Waals surface area contributed by atoms with E-state index in [-0.39, 0.29) is 5.91 Å². The van der Waals surface area contributed by atoms with Gasteiger partial charge in [0, 0.05) is 18.8 Å². The minimum atomic E-state index is -3.34. The highest BCUT2D eigenvalue weighted by molar-refractivity contribution is 7.92. The zero-order chi connectivity index (χ0) is 21.4. The molecule has 0 heterocycles. The summed E-state index contributed by atoms with van der Waals surface area (Å²) in [7, 11) is -1.87. The van der Waals surface area contributed by atoms with Crippen molar-refractivity contribution < 1.29 is 22.7 Å². The lowest BCUT2D eigenvalue weighted by molar-refractivity contribution is -0.122. The summed E-state index contributed by atoms with van der Waals surface area (Å²) in [5, 5.41) is 2.82. The van der Waals surface area contributed by atoms with Gasteiger partial charge in [-0.15, -0.1) is 0 Å². The van der Waals surface area contributed by atoms with Gasteiger partial charge in [-0.1, -0.05) is 25.6 Å². The van der Waals surface area contributed by atoms with E-state index in [0.29, 0.717) is 35.9 Å². The van der Waals surface area contributed by atoms with Crippen LogP contribution in [0.4, 0.5) is 11.4 Å². The Morgan fingerprint density at radius 3 is 2.48 bits per heavy atom. The van der Waals surface area contributed by atoms with Crippen LogP contribution in [0.3, 0.4) is 0 Å². The third-order valence-electron chi connectivity index (χ3n) is 4.11. The molecule has 0 saturated heterocycles. The van der Waals surface area contributed by atoms with Crippen LogP contribution in [0.2, 0.25) is 0 Å². The molecule has 0 aromatic heterocycles. The van der Waals surface area contributed by atoms with Gasteiger partial charge in [0.1, 0.15) is 18.1 Å². The summed E-state index contributed by atoms with van der Waals surface area (Å²) in [5.41, 5.74) is 1.11. The maximum atomic E-state index is 12.6. The number of anilines is 2. The van der Waals surface area contributed by atoms with Gasteiger partial charge in [0.25, 0.3) is 5.91 Å².